The van der Waals surface area contributed by atoms with E-state index in [1.165, 1.54) is 5.56 Å². The van der Waals surface area contributed by atoms with Crippen LogP contribution in [-0.4, -0.2) is 27.9 Å². The number of halogens is 1. The van der Waals surface area contributed by atoms with Gasteiger partial charge in [-0.3, -0.25) is 5.41 Å². The van der Waals surface area contributed by atoms with Crippen molar-refractivity contribution in [2.45, 2.75) is 64.2 Å². The molecule has 0 aromatic heterocycles. The Kier molecular flexibility index (Phi) is 4.24. The van der Waals surface area contributed by atoms with E-state index in [-0.39, 0.29) is 28.1 Å². The lowest BCUT2D eigenvalue weighted by Gasteiger charge is -2.49. The number of fused-ring (bicyclic) bond motifs is 1. The molecule has 0 unspecified atom stereocenters. The normalized spacial score (nSPS) is 23.6. The van der Waals surface area contributed by atoms with Crippen LogP contribution in [0.25, 0.3) is 0 Å². The Balaban J connectivity index is 0.00000161. The molecule has 1 saturated heterocycles. The van der Waals surface area contributed by atoms with Crippen LogP contribution in [0.15, 0.2) is 24.3 Å². The Morgan fingerprint density at radius 2 is 1.67 bits per heavy atom. The van der Waals surface area contributed by atoms with Crippen LogP contribution in [0.1, 0.15) is 51.7 Å². The Morgan fingerprint density at radius 1 is 1.10 bits per heavy atom. The quantitative estimate of drug-likeness (QED) is 0.809. The number of hydrogen-bond donors (Lipinski definition) is 2. The monoisotopic (exact) mass is 351 g/mol. The molecule has 0 saturated carbocycles. The van der Waals surface area contributed by atoms with Gasteiger partial charge in [-0.15, -0.1) is 17.0 Å². The maximum absolute atomic E-state index is 8.49. The van der Waals surface area contributed by atoms with Gasteiger partial charge in [0.05, 0.1) is 0 Å². The van der Waals surface area contributed by atoms with Gasteiger partial charge in [0.15, 0.2) is 0 Å². The molecule has 21 heavy (non-hydrogen) atoms. The molecule has 3 rings (SSSR count). The minimum Gasteiger partial charge on any atom is -0.349 e. The molecule has 2 heterocycles. The van der Waals surface area contributed by atoms with Gasteiger partial charge in [0.2, 0.25) is 0 Å². The summed E-state index contributed by atoms with van der Waals surface area (Å²) in [4.78, 5) is 2.30. The topological polar surface area (TPSA) is 39.1 Å². The largest absolute Gasteiger partial charge is 0.349 e. The third kappa shape index (κ3) is 3.16. The van der Waals surface area contributed by atoms with Crippen LogP contribution in [0, 0.1) is 5.41 Å². The van der Waals surface area contributed by atoms with Crippen molar-refractivity contribution in [3.05, 3.63) is 35.4 Å². The van der Waals surface area contributed by atoms with Crippen LogP contribution < -0.4 is 5.32 Å². The fourth-order valence-corrected chi connectivity index (χ4v) is 4.11. The van der Waals surface area contributed by atoms with Crippen LogP contribution in [0.3, 0.4) is 0 Å². The van der Waals surface area contributed by atoms with Gasteiger partial charge in [-0.2, -0.15) is 0 Å². The van der Waals surface area contributed by atoms with Gasteiger partial charge in [-0.25, -0.2) is 0 Å². The summed E-state index contributed by atoms with van der Waals surface area (Å²) in [7, 11) is 0. The summed E-state index contributed by atoms with van der Waals surface area (Å²) in [6, 6.07) is 8.79. The van der Waals surface area contributed by atoms with Crippen molar-refractivity contribution in [1.29, 1.82) is 5.41 Å². The van der Waals surface area contributed by atoms with E-state index in [4.69, 9.17) is 5.41 Å². The molecular weight excluding hydrogens is 326 g/mol. The second-order valence-electron chi connectivity index (χ2n) is 7.59. The highest BCUT2D eigenvalue weighted by atomic mass is 79.9. The molecule has 0 spiro atoms. The average molecular weight is 352 g/mol. The van der Waals surface area contributed by atoms with Crippen molar-refractivity contribution < 1.29 is 0 Å². The molecule has 0 aliphatic carbocycles. The van der Waals surface area contributed by atoms with Gasteiger partial charge in [-0.1, -0.05) is 24.3 Å². The minimum absolute atomic E-state index is 0. The van der Waals surface area contributed by atoms with E-state index in [1.54, 1.807) is 0 Å². The number of nitrogens with zero attached hydrogens (tertiary/aromatic N) is 1. The van der Waals surface area contributed by atoms with Gasteiger partial charge >= 0.3 is 0 Å². The average Bonchev–Trinajstić information content (AvgIpc) is 2.64. The van der Waals surface area contributed by atoms with Gasteiger partial charge in [0, 0.05) is 29.2 Å². The Bertz CT molecular complexity index is 535. The SMILES string of the molecule is Br.CC1(C)CC(N2Cc3ccccc3C2=N)CC(C)(C)N1. The molecule has 0 radical (unpaired) electrons. The number of nitrogens with one attached hydrogen (secondary N) is 2. The van der Waals surface area contributed by atoms with E-state index in [1.807, 2.05) is 6.07 Å². The lowest BCUT2D eigenvalue weighted by molar-refractivity contribution is 0.103. The Hall–Kier alpha value is -0.870. The molecule has 0 bridgehead atoms. The van der Waals surface area contributed by atoms with E-state index in [0.29, 0.717) is 11.9 Å². The van der Waals surface area contributed by atoms with Crippen molar-refractivity contribution in [3.8, 4) is 0 Å². The number of rotatable bonds is 1. The number of amidine groups is 1. The van der Waals surface area contributed by atoms with E-state index >= 15 is 0 Å². The summed E-state index contributed by atoms with van der Waals surface area (Å²) in [5, 5.41) is 12.2. The summed E-state index contributed by atoms with van der Waals surface area (Å²) < 4.78 is 0. The fourth-order valence-electron chi connectivity index (χ4n) is 4.11. The second kappa shape index (κ2) is 5.40. The lowest BCUT2D eigenvalue weighted by Crippen LogP contribution is -2.62. The summed E-state index contributed by atoms with van der Waals surface area (Å²) in [5.74, 6) is 0.708. The molecule has 2 aliphatic heterocycles. The highest BCUT2D eigenvalue weighted by Crippen LogP contribution is 2.35. The van der Waals surface area contributed by atoms with E-state index < -0.39 is 0 Å². The first-order valence-electron chi connectivity index (χ1n) is 7.50. The molecule has 1 aromatic rings. The standard InChI is InChI=1S/C17H25N3.BrH/c1-16(2)9-13(10-17(3,4)19-16)20-11-12-7-5-6-8-14(12)15(20)18;/h5-8,13,18-19H,9-11H2,1-4H3;1H. The van der Waals surface area contributed by atoms with Crippen LogP contribution in [0.2, 0.25) is 0 Å². The van der Waals surface area contributed by atoms with Crippen molar-refractivity contribution in [1.82, 2.24) is 10.2 Å². The highest BCUT2D eigenvalue weighted by Gasteiger charge is 2.42. The zero-order valence-corrected chi connectivity index (χ0v) is 15.1. The Labute approximate surface area is 138 Å². The summed E-state index contributed by atoms with van der Waals surface area (Å²) in [6.07, 6.45) is 2.18. The molecule has 0 atom stereocenters. The third-order valence-electron chi connectivity index (χ3n) is 4.51. The molecule has 1 fully saturated rings. The van der Waals surface area contributed by atoms with E-state index in [9.17, 15) is 0 Å². The molecule has 116 valence electrons. The van der Waals surface area contributed by atoms with Crippen LogP contribution in [-0.2, 0) is 6.54 Å². The van der Waals surface area contributed by atoms with Crippen LogP contribution in [0.5, 0.6) is 0 Å². The molecule has 1 aromatic carbocycles. The van der Waals surface area contributed by atoms with Crippen molar-refractivity contribution in [2.75, 3.05) is 0 Å². The fraction of sp³-hybridized carbons (Fsp3) is 0.588. The van der Waals surface area contributed by atoms with Gasteiger partial charge < -0.3 is 10.2 Å². The molecule has 2 N–H and O–H groups in total. The molecular formula is C17H26BrN3. The van der Waals surface area contributed by atoms with Crippen molar-refractivity contribution >= 4 is 22.8 Å². The predicted octanol–water partition coefficient (Wildman–Crippen LogP) is 3.71. The van der Waals surface area contributed by atoms with Crippen molar-refractivity contribution in [3.63, 3.8) is 0 Å². The maximum atomic E-state index is 8.49. The van der Waals surface area contributed by atoms with Gasteiger partial charge in [0.25, 0.3) is 0 Å². The van der Waals surface area contributed by atoms with Crippen LogP contribution >= 0.6 is 17.0 Å². The van der Waals surface area contributed by atoms with Gasteiger partial charge in [-0.05, 0) is 46.1 Å². The van der Waals surface area contributed by atoms with E-state index in [2.05, 4.69) is 56.1 Å². The number of benzene rings is 1. The first-order chi connectivity index (χ1) is 9.27. The third-order valence-corrected chi connectivity index (χ3v) is 4.51. The molecule has 2 aliphatic rings. The smallest absolute Gasteiger partial charge is 0.128 e. The maximum Gasteiger partial charge on any atom is 0.128 e. The van der Waals surface area contributed by atoms with Gasteiger partial charge in [0.1, 0.15) is 5.84 Å². The van der Waals surface area contributed by atoms with Crippen molar-refractivity contribution in [2.24, 2.45) is 0 Å². The number of hydrogen-bond acceptors (Lipinski definition) is 2. The molecule has 0 amide bonds. The van der Waals surface area contributed by atoms with Crippen LogP contribution in [0.4, 0.5) is 0 Å². The first-order valence-corrected chi connectivity index (χ1v) is 7.50. The van der Waals surface area contributed by atoms with E-state index in [0.717, 1.165) is 24.9 Å². The summed E-state index contributed by atoms with van der Waals surface area (Å²) in [5.41, 5.74) is 2.66. The highest BCUT2D eigenvalue weighted by molar-refractivity contribution is 8.93. The Morgan fingerprint density at radius 3 is 2.24 bits per heavy atom. The molecule has 4 heteroatoms. The summed E-state index contributed by atoms with van der Waals surface area (Å²) >= 11 is 0. The zero-order valence-electron chi connectivity index (χ0n) is 13.4. The zero-order chi connectivity index (χ0) is 14.5. The second-order valence-corrected chi connectivity index (χ2v) is 7.59. The minimum atomic E-state index is 0. The summed E-state index contributed by atoms with van der Waals surface area (Å²) in [6.45, 7) is 9.98. The first kappa shape index (κ1) is 16.5. The lowest BCUT2D eigenvalue weighted by atomic mass is 9.79. The predicted molar refractivity (Wildman–Crippen MR) is 93.5 cm³/mol. The molecule has 3 nitrogen and oxygen atoms in total. The number of piperidine rings is 1.